The summed E-state index contributed by atoms with van der Waals surface area (Å²) in [6.07, 6.45) is 2.50. The predicted molar refractivity (Wildman–Crippen MR) is 39.1 cm³/mol. The monoisotopic (exact) mass is 146 g/mol. The van der Waals surface area contributed by atoms with Crippen molar-refractivity contribution >= 4 is 5.84 Å². The Morgan fingerprint density at radius 1 is 1.60 bits per heavy atom. The number of oxime groups is 1. The minimum Gasteiger partial charge on any atom is -0.409 e. The lowest BCUT2D eigenvalue weighted by molar-refractivity contribution is 0.193. The van der Waals surface area contributed by atoms with E-state index in [4.69, 9.17) is 15.7 Å². The summed E-state index contributed by atoms with van der Waals surface area (Å²) in [6.45, 7) is 0.735. The van der Waals surface area contributed by atoms with Crippen molar-refractivity contribution < 1.29 is 9.94 Å². The third-order valence-electron chi connectivity index (χ3n) is 1.16. The van der Waals surface area contributed by atoms with Gasteiger partial charge >= 0.3 is 0 Å². The Morgan fingerprint density at radius 3 is 2.80 bits per heavy atom. The summed E-state index contributed by atoms with van der Waals surface area (Å²) < 4.78 is 4.81. The lowest BCUT2D eigenvalue weighted by Gasteiger charge is -1.97. The Bertz CT molecular complexity index is 104. The first kappa shape index (κ1) is 9.23. The molecule has 0 amide bonds. The van der Waals surface area contributed by atoms with Gasteiger partial charge in [0.1, 0.15) is 5.84 Å². The zero-order valence-electron chi connectivity index (χ0n) is 6.21. The Labute approximate surface area is 60.7 Å². The summed E-state index contributed by atoms with van der Waals surface area (Å²) in [5, 5.41) is 11.0. The van der Waals surface area contributed by atoms with Crippen LogP contribution < -0.4 is 5.73 Å². The van der Waals surface area contributed by atoms with Crippen molar-refractivity contribution in [1.82, 2.24) is 0 Å². The van der Waals surface area contributed by atoms with Crippen molar-refractivity contribution in [3.63, 3.8) is 0 Å². The molecule has 0 heterocycles. The molecule has 0 aliphatic rings. The number of nitrogens with zero attached hydrogens (tertiary/aromatic N) is 1. The maximum Gasteiger partial charge on any atom is 0.139 e. The fourth-order valence-corrected chi connectivity index (χ4v) is 0.603. The minimum atomic E-state index is 0.288. The highest BCUT2D eigenvalue weighted by molar-refractivity contribution is 5.79. The molecule has 0 fully saturated rings. The molecule has 0 rings (SSSR count). The van der Waals surface area contributed by atoms with E-state index in [9.17, 15) is 0 Å². The summed E-state index contributed by atoms with van der Waals surface area (Å²) in [6, 6.07) is 0. The molecule has 0 unspecified atom stereocenters. The van der Waals surface area contributed by atoms with Crippen molar-refractivity contribution in [2.45, 2.75) is 19.3 Å². The summed E-state index contributed by atoms with van der Waals surface area (Å²) in [4.78, 5) is 0. The van der Waals surface area contributed by atoms with Gasteiger partial charge in [-0.2, -0.15) is 0 Å². The first-order valence-electron chi connectivity index (χ1n) is 3.26. The maximum atomic E-state index is 8.12. The van der Waals surface area contributed by atoms with Gasteiger partial charge in [0.15, 0.2) is 0 Å². The average Bonchev–Trinajstić information content (AvgIpc) is 1.98. The molecule has 0 aliphatic carbocycles. The normalized spacial score (nSPS) is 11.9. The molecule has 0 aromatic carbocycles. The molecule has 10 heavy (non-hydrogen) atoms. The van der Waals surface area contributed by atoms with Gasteiger partial charge < -0.3 is 15.7 Å². The van der Waals surface area contributed by atoms with E-state index in [1.165, 1.54) is 0 Å². The van der Waals surface area contributed by atoms with E-state index in [0.717, 1.165) is 19.4 Å². The van der Waals surface area contributed by atoms with Gasteiger partial charge in [-0.3, -0.25) is 0 Å². The third-order valence-corrected chi connectivity index (χ3v) is 1.16. The van der Waals surface area contributed by atoms with Crippen LogP contribution >= 0.6 is 0 Å². The van der Waals surface area contributed by atoms with E-state index in [1.54, 1.807) is 7.11 Å². The summed E-state index contributed by atoms with van der Waals surface area (Å²) in [5.41, 5.74) is 5.21. The van der Waals surface area contributed by atoms with E-state index in [1.807, 2.05) is 0 Å². The maximum absolute atomic E-state index is 8.12. The van der Waals surface area contributed by atoms with E-state index in [2.05, 4.69) is 5.16 Å². The molecule has 3 N–H and O–H groups in total. The van der Waals surface area contributed by atoms with Gasteiger partial charge in [-0.25, -0.2) is 0 Å². The molecule has 0 saturated carbocycles. The molecule has 0 aromatic heterocycles. The van der Waals surface area contributed by atoms with Crippen LogP contribution in [-0.4, -0.2) is 24.8 Å². The number of hydrogen-bond donors (Lipinski definition) is 2. The highest BCUT2D eigenvalue weighted by Gasteiger charge is 1.91. The lowest BCUT2D eigenvalue weighted by Crippen LogP contribution is -2.11. The first-order chi connectivity index (χ1) is 4.81. The number of methoxy groups -OCH3 is 1. The van der Waals surface area contributed by atoms with Crippen LogP contribution in [0.4, 0.5) is 0 Å². The van der Waals surface area contributed by atoms with Crippen LogP contribution in [0.1, 0.15) is 19.3 Å². The Kier molecular flexibility index (Phi) is 5.86. The second-order valence-electron chi connectivity index (χ2n) is 2.04. The summed E-state index contributed by atoms with van der Waals surface area (Å²) >= 11 is 0. The lowest BCUT2D eigenvalue weighted by atomic mass is 10.2. The molecule has 0 aliphatic heterocycles. The standard InChI is InChI=1S/C6H14N2O2/c1-10-5-3-2-4-6(7)8-9/h9H,2-5H2,1H3,(H2,7,8). The molecular formula is C6H14N2O2. The Hall–Kier alpha value is -0.770. The molecule has 4 nitrogen and oxygen atoms in total. The van der Waals surface area contributed by atoms with E-state index in [-0.39, 0.29) is 5.84 Å². The highest BCUT2D eigenvalue weighted by Crippen LogP contribution is 1.94. The number of hydrogen-bond acceptors (Lipinski definition) is 3. The number of nitrogens with two attached hydrogens (primary N) is 1. The molecule has 0 atom stereocenters. The molecule has 0 saturated heterocycles. The van der Waals surface area contributed by atoms with E-state index < -0.39 is 0 Å². The predicted octanol–water partition coefficient (Wildman–Crippen LogP) is 0.550. The quantitative estimate of drug-likeness (QED) is 0.196. The molecule has 0 radical (unpaired) electrons. The summed E-state index contributed by atoms with van der Waals surface area (Å²) in [5.74, 6) is 0.288. The zero-order valence-corrected chi connectivity index (χ0v) is 6.21. The Morgan fingerprint density at radius 2 is 2.30 bits per heavy atom. The Balaban J connectivity index is 3.04. The van der Waals surface area contributed by atoms with Crippen molar-refractivity contribution in [1.29, 1.82) is 0 Å². The van der Waals surface area contributed by atoms with Gasteiger partial charge in [-0.1, -0.05) is 5.16 Å². The van der Waals surface area contributed by atoms with Gasteiger partial charge in [0.25, 0.3) is 0 Å². The van der Waals surface area contributed by atoms with Crippen LogP contribution in [0.3, 0.4) is 0 Å². The van der Waals surface area contributed by atoms with Gasteiger partial charge in [-0.05, 0) is 12.8 Å². The number of rotatable bonds is 5. The number of amidine groups is 1. The SMILES string of the molecule is COCCCCC(N)=NO. The van der Waals surface area contributed by atoms with Crippen LogP contribution in [-0.2, 0) is 4.74 Å². The van der Waals surface area contributed by atoms with E-state index in [0.29, 0.717) is 6.42 Å². The largest absolute Gasteiger partial charge is 0.409 e. The second-order valence-corrected chi connectivity index (χ2v) is 2.04. The fraction of sp³-hybridized carbons (Fsp3) is 0.833. The fourth-order valence-electron chi connectivity index (χ4n) is 0.603. The highest BCUT2D eigenvalue weighted by atomic mass is 16.5. The van der Waals surface area contributed by atoms with Gasteiger partial charge in [-0.15, -0.1) is 0 Å². The van der Waals surface area contributed by atoms with Crippen molar-refractivity contribution in [2.24, 2.45) is 10.9 Å². The molecule has 0 bridgehead atoms. The van der Waals surface area contributed by atoms with Crippen LogP contribution in [0, 0.1) is 0 Å². The molecule has 0 aromatic rings. The molecule has 4 heteroatoms. The molecular weight excluding hydrogens is 132 g/mol. The average molecular weight is 146 g/mol. The van der Waals surface area contributed by atoms with Crippen LogP contribution in [0.25, 0.3) is 0 Å². The summed E-state index contributed by atoms with van der Waals surface area (Å²) in [7, 11) is 1.66. The number of ether oxygens (including phenoxy) is 1. The minimum absolute atomic E-state index is 0.288. The van der Waals surface area contributed by atoms with Crippen molar-refractivity contribution in [3.05, 3.63) is 0 Å². The van der Waals surface area contributed by atoms with Crippen molar-refractivity contribution in [2.75, 3.05) is 13.7 Å². The van der Waals surface area contributed by atoms with Gasteiger partial charge in [0, 0.05) is 20.1 Å². The van der Waals surface area contributed by atoms with E-state index >= 15 is 0 Å². The van der Waals surface area contributed by atoms with Crippen LogP contribution in [0.15, 0.2) is 5.16 Å². The van der Waals surface area contributed by atoms with Gasteiger partial charge in [0.05, 0.1) is 0 Å². The molecule has 60 valence electrons. The third kappa shape index (κ3) is 5.37. The molecule has 0 spiro atoms. The number of unbranched alkanes of at least 4 members (excludes halogenated alkanes) is 1. The van der Waals surface area contributed by atoms with Crippen LogP contribution in [0.5, 0.6) is 0 Å². The van der Waals surface area contributed by atoms with Gasteiger partial charge in [0.2, 0.25) is 0 Å². The van der Waals surface area contributed by atoms with Crippen molar-refractivity contribution in [3.8, 4) is 0 Å². The topological polar surface area (TPSA) is 67.8 Å². The zero-order chi connectivity index (χ0) is 7.82. The first-order valence-corrected chi connectivity index (χ1v) is 3.26. The smallest absolute Gasteiger partial charge is 0.139 e. The van der Waals surface area contributed by atoms with Crippen LogP contribution in [0.2, 0.25) is 0 Å². The second kappa shape index (κ2) is 6.35.